The first-order valence-electron chi connectivity index (χ1n) is 4.27. The van der Waals surface area contributed by atoms with Gasteiger partial charge in [0.2, 0.25) is 0 Å². The van der Waals surface area contributed by atoms with E-state index < -0.39 is 0 Å². The summed E-state index contributed by atoms with van der Waals surface area (Å²) in [4.78, 5) is 8.08. The van der Waals surface area contributed by atoms with Gasteiger partial charge in [-0.3, -0.25) is 0 Å². The Morgan fingerprint density at radius 3 is 2.80 bits per heavy atom. The summed E-state index contributed by atoms with van der Waals surface area (Å²) >= 11 is 3.28. The molecular formula is C11H6BrN3. The molecule has 4 heteroatoms. The molecule has 0 amide bonds. The summed E-state index contributed by atoms with van der Waals surface area (Å²) in [5.74, 6) is 0. The molecule has 72 valence electrons. The molecule has 0 N–H and O–H groups in total. The van der Waals surface area contributed by atoms with Crippen molar-refractivity contribution in [3.63, 3.8) is 0 Å². The predicted molar refractivity (Wildman–Crippen MR) is 59.9 cm³/mol. The zero-order chi connectivity index (χ0) is 10.7. The third-order valence-electron chi connectivity index (χ3n) is 1.92. The number of nitrogens with zero attached hydrogens (tertiary/aromatic N) is 3. The van der Waals surface area contributed by atoms with Gasteiger partial charge in [0.05, 0.1) is 17.3 Å². The topological polar surface area (TPSA) is 49.6 Å². The first kappa shape index (κ1) is 9.81. The molecule has 0 unspecified atom stereocenters. The number of halogens is 1. The van der Waals surface area contributed by atoms with Crippen LogP contribution in [0.3, 0.4) is 0 Å². The predicted octanol–water partition coefficient (Wildman–Crippen LogP) is 2.78. The quantitative estimate of drug-likeness (QED) is 0.741. The van der Waals surface area contributed by atoms with E-state index in [1.807, 2.05) is 18.2 Å². The van der Waals surface area contributed by atoms with Crippen LogP contribution in [0.4, 0.5) is 0 Å². The minimum Gasteiger partial charge on any atom is -0.236 e. The van der Waals surface area contributed by atoms with Crippen molar-refractivity contribution in [3.8, 4) is 17.3 Å². The lowest BCUT2D eigenvalue weighted by Crippen LogP contribution is -1.86. The molecule has 1 aromatic carbocycles. The first-order chi connectivity index (χ1) is 7.29. The van der Waals surface area contributed by atoms with Crippen LogP contribution in [-0.2, 0) is 0 Å². The number of hydrogen-bond acceptors (Lipinski definition) is 3. The van der Waals surface area contributed by atoms with Gasteiger partial charge in [0, 0.05) is 5.56 Å². The lowest BCUT2D eigenvalue weighted by Gasteiger charge is -2.00. The van der Waals surface area contributed by atoms with Crippen LogP contribution < -0.4 is 0 Å². The minimum atomic E-state index is 0.627. The molecule has 0 radical (unpaired) electrons. The summed E-state index contributed by atoms with van der Waals surface area (Å²) in [6.07, 6.45) is 1.48. The van der Waals surface area contributed by atoms with E-state index in [4.69, 9.17) is 5.26 Å². The van der Waals surface area contributed by atoms with Crippen molar-refractivity contribution in [1.29, 1.82) is 5.26 Å². The molecule has 0 atom stereocenters. The van der Waals surface area contributed by atoms with E-state index in [1.165, 1.54) is 6.33 Å². The number of rotatable bonds is 1. The summed E-state index contributed by atoms with van der Waals surface area (Å²) in [7, 11) is 0. The number of hydrogen-bond donors (Lipinski definition) is 0. The van der Waals surface area contributed by atoms with E-state index in [0.717, 1.165) is 15.9 Å². The van der Waals surface area contributed by atoms with Gasteiger partial charge in [0.15, 0.2) is 0 Å². The molecule has 1 heterocycles. The van der Waals surface area contributed by atoms with E-state index >= 15 is 0 Å². The highest BCUT2D eigenvalue weighted by molar-refractivity contribution is 9.10. The molecule has 0 saturated heterocycles. The lowest BCUT2D eigenvalue weighted by molar-refractivity contribution is 1.14. The second-order valence-electron chi connectivity index (χ2n) is 2.92. The summed E-state index contributed by atoms with van der Waals surface area (Å²) in [6.45, 7) is 0. The molecule has 2 aromatic rings. The van der Waals surface area contributed by atoms with Gasteiger partial charge in [-0.15, -0.1) is 0 Å². The molecule has 0 aliphatic heterocycles. The van der Waals surface area contributed by atoms with Gasteiger partial charge in [0.25, 0.3) is 0 Å². The Morgan fingerprint density at radius 2 is 2.07 bits per heavy atom. The molecule has 0 spiro atoms. The van der Waals surface area contributed by atoms with Gasteiger partial charge in [-0.25, -0.2) is 9.97 Å². The second kappa shape index (κ2) is 4.20. The van der Waals surface area contributed by atoms with Gasteiger partial charge >= 0.3 is 0 Å². The smallest absolute Gasteiger partial charge is 0.117 e. The van der Waals surface area contributed by atoms with E-state index in [0.29, 0.717) is 5.56 Å². The van der Waals surface area contributed by atoms with E-state index in [2.05, 4.69) is 32.0 Å². The van der Waals surface area contributed by atoms with Crippen molar-refractivity contribution in [2.75, 3.05) is 0 Å². The van der Waals surface area contributed by atoms with Crippen LogP contribution in [0, 0.1) is 11.3 Å². The highest BCUT2D eigenvalue weighted by atomic mass is 79.9. The van der Waals surface area contributed by atoms with Crippen LogP contribution in [-0.4, -0.2) is 9.97 Å². The first-order valence-corrected chi connectivity index (χ1v) is 5.07. The van der Waals surface area contributed by atoms with Gasteiger partial charge < -0.3 is 0 Å². The monoisotopic (exact) mass is 259 g/mol. The molecule has 3 nitrogen and oxygen atoms in total. The average molecular weight is 260 g/mol. The Kier molecular flexibility index (Phi) is 2.75. The molecule has 0 fully saturated rings. The Labute approximate surface area is 95.6 Å². The molecule has 1 aromatic heterocycles. The van der Waals surface area contributed by atoms with Crippen molar-refractivity contribution >= 4 is 15.9 Å². The van der Waals surface area contributed by atoms with Crippen LogP contribution >= 0.6 is 15.9 Å². The van der Waals surface area contributed by atoms with Gasteiger partial charge in [0.1, 0.15) is 10.9 Å². The molecule has 0 aliphatic rings. The van der Waals surface area contributed by atoms with Crippen LogP contribution in [0.15, 0.2) is 41.3 Å². The zero-order valence-electron chi connectivity index (χ0n) is 7.68. The Bertz CT molecular complexity index is 531. The van der Waals surface area contributed by atoms with E-state index in [9.17, 15) is 0 Å². The lowest BCUT2D eigenvalue weighted by atomic mass is 10.1. The third kappa shape index (κ3) is 2.20. The number of nitriles is 1. The maximum Gasteiger partial charge on any atom is 0.117 e. The van der Waals surface area contributed by atoms with Crippen LogP contribution in [0.25, 0.3) is 11.3 Å². The minimum absolute atomic E-state index is 0.627. The molecule has 0 bridgehead atoms. The standard InChI is InChI=1S/C11H6BrN3/c12-11-5-10(14-7-15-11)9-3-1-2-8(4-9)6-13/h1-5,7H. The fourth-order valence-electron chi connectivity index (χ4n) is 1.24. The van der Waals surface area contributed by atoms with Crippen molar-refractivity contribution < 1.29 is 0 Å². The fourth-order valence-corrected chi connectivity index (χ4v) is 1.55. The average Bonchev–Trinajstić information content (AvgIpc) is 2.29. The largest absolute Gasteiger partial charge is 0.236 e. The molecule has 2 rings (SSSR count). The normalized spacial score (nSPS) is 9.60. The number of benzene rings is 1. The van der Waals surface area contributed by atoms with Crippen LogP contribution in [0.1, 0.15) is 5.56 Å². The molecule has 0 saturated carbocycles. The highest BCUT2D eigenvalue weighted by Crippen LogP contribution is 2.19. The molecular weight excluding hydrogens is 254 g/mol. The van der Waals surface area contributed by atoms with Crippen molar-refractivity contribution in [3.05, 3.63) is 46.8 Å². The van der Waals surface area contributed by atoms with Gasteiger partial charge in [-0.1, -0.05) is 12.1 Å². The SMILES string of the molecule is N#Cc1cccc(-c2cc(Br)ncn2)c1. The van der Waals surface area contributed by atoms with Gasteiger partial charge in [-0.05, 0) is 34.1 Å². The Morgan fingerprint density at radius 1 is 1.20 bits per heavy atom. The Hall–Kier alpha value is -1.73. The van der Waals surface area contributed by atoms with E-state index in [-0.39, 0.29) is 0 Å². The highest BCUT2D eigenvalue weighted by Gasteiger charge is 2.01. The van der Waals surface area contributed by atoms with Crippen molar-refractivity contribution in [2.24, 2.45) is 0 Å². The number of aromatic nitrogens is 2. The van der Waals surface area contributed by atoms with Crippen LogP contribution in [0.5, 0.6) is 0 Å². The van der Waals surface area contributed by atoms with Crippen molar-refractivity contribution in [2.45, 2.75) is 0 Å². The maximum atomic E-state index is 8.77. The fraction of sp³-hybridized carbons (Fsp3) is 0. The van der Waals surface area contributed by atoms with Gasteiger partial charge in [-0.2, -0.15) is 5.26 Å². The zero-order valence-corrected chi connectivity index (χ0v) is 9.27. The molecule has 15 heavy (non-hydrogen) atoms. The molecule has 0 aliphatic carbocycles. The second-order valence-corrected chi connectivity index (χ2v) is 3.73. The van der Waals surface area contributed by atoms with Crippen LogP contribution in [0.2, 0.25) is 0 Å². The summed E-state index contributed by atoms with van der Waals surface area (Å²) < 4.78 is 0.731. The third-order valence-corrected chi connectivity index (χ3v) is 2.35. The van der Waals surface area contributed by atoms with E-state index in [1.54, 1.807) is 12.1 Å². The summed E-state index contributed by atoms with van der Waals surface area (Å²) in [6, 6.07) is 11.2. The summed E-state index contributed by atoms with van der Waals surface area (Å²) in [5, 5.41) is 8.77. The Balaban J connectivity index is 2.50. The summed E-state index contributed by atoms with van der Waals surface area (Å²) in [5.41, 5.74) is 2.34. The van der Waals surface area contributed by atoms with Crippen molar-refractivity contribution in [1.82, 2.24) is 9.97 Å². The maximum absolute atomic E-state index is 8.77.